The van der Waals surface area contributed by atoms with E-state index in [0.717, 1.165) is 28.9 Å². The van der Waals surface area contributed by atoms with Gasteiger partial charge in [-0.2, -0.15) is 0 Å². The molecule has 7 heteroatoms. The number of fused-ring (bicyclic) bond motifs is 1. The number of methoxy groups -OCH3 is 1. The minimum absolute atomic E-state index is 0.0267. The van der Waals surface area contributed by atoms with Crippen LogP contribution in [0.4, 0.5) is 4.79 Å². The third-order valence-electron chi connectivity index (χ3n) is 6.28. The Balaban J connectivity index is 1.49. The Bertz CT molecular complexity index is 1070. The summed E-state index contributed by atoms with van der Waals surface area (Å²) in [6.07, 6.45) is 0.839. The van der Waals surface area contributed by atoms with Gasteiger partial charge in [-0.05, 0) is 42.3 Å². The summed E-state index contributed by atoms with van der Waals surface area (Å²) in [4.78, 5) is 28.4. The molecular weight excluding hydrogens is 418 g/mol. The first-order valence-electron chi connectivity index (χ1n) is 11.3. The minimum Gasteiger partial charge on any atom is -0.497 e. The number of carbonyl (C=O) groups excluding carboxylic acids is 2. The van der Waals surface area contributed by atoms with Gasteiger partial charge in [0.05, 0.1) is 25.8 Å². The average Bonchev–Trinajstić information content (AvgIpc) is 2.83. The fourth-order valence-electron chi connectivity index (χ4n) is 4.63. The maximum atomic E-state index is 12.7. The monoisotopic (exact) mass is 447 g/mol. The number of hydrogen-bond donors (Lipinski definition) is 2. The normalized spacial score (nSPS) is 21.4. The van der Waals surface area contributed by atoms with E-state index in [9.17, 15) is 14.7 Å². The van der Waals surface area contributed by atoms with Crippen molar-refractivity contribution in [1.82, 2.24) is 15.1 Å². The van der Waals surface area contributed by atoms with Gasteiger partial charge in [0.2, 0.25) is 5.91 Å². The number of carbonyl (C=O) groups is 2. The first-order chi connectivity index (χ1) is 16.0. The van der Waals surface area contributed by atoms with Crippen LogP contribution in [0.25, 0.3) is 0 Å². The zero-order valence-electron chi connectivity index (χ0n) is 19.0. The lowest BCUT2D eigenvalue weighted by Gasteiger charge is -2.58. The molecule has 0 spiro atoms. The minimum atomic E-state index is -0.267. The molecule has 2 aromatic carbocycles. The number of piperazine rings is 1. The molecule has 172 valence electrons. The largest absolute Gasteiger partial charge is 0.497 e. The van der Waals surface area contributed by atoms with Gasteiger partial charge in [0.25, 0.3) is 0 Å². The van der Waals surface area contributed by atoms with Gasteiger partial charge in [-0.1, -0.05) is 37.0 Å². The van der Waals surface area contributed by atoms with Crippen LogP contribution in [-0.2, 0) is 4.79 Å². The number of nitrogens with one attached hydrogen (secondary N) is 1. The van der Waals surface area contributed by atoms with Crippen LogP contribution in [0.1, 0.15) is 36.0 Å². The molecule has 2 fully saturated rings. The van der Waals surface area contributed by atoms with Crippen molar-refractivity contribution in [3.05, 3.63) is 65.2 Å². The summed E-state index contributed by atoms with van der Waals surface area (Å²) in [5, 5.41) is 12.8. The second-order valence-electron chi connectivity index (χ2n) is 8.36. The van der Waals surface area contributed by atoms with Crippen LogP contribution in [0.5, 0.6) is 5.75 Å². The molecule has 0 aromatic heterocycles. The molecule has 2 saturated heterocycles. The van der Waals surface area contributed by atoms with Crippen molar-refractivity contribution in [1.29, 1.82) is 0 Å². The molecule has 0 saturated carbocycles. The Kier molecular flexibility index (Phi) is 6.85. The topological polar surface area (TPSA) is 82.1 Å². The average molecular weight is 448 g/mol. The van der Waals surface area contributed by atoms with Gasteiger partial charge in [-0.3, -0.25) is 4.79 Å². The Morgan fingerprint density at radius 3 is 2.64 bits per heavy atom. The summed E-state index contributed by atoms with van der Waals surface area (Å²) in [6, 6.07) is 14.9. The number of urea groups is 1. The van der Waals surface area contributed by atoms with Gasteiger partial charge in [-0.15, -0.1) is 0 Å². The highest BCUT2D eigenvalue weighted by molar-refractivity contribution is 5.87. The Labute approximate surface area is 194 Å². The Morgan fingerprint density at radius 1 is 1.18 bits per heavy atom. The second kappa shape index (κ2) is 9.97. The molecule has 0 radical (unpaired) electrons. The molecule has 33 heavy (non-hydrogen) atoms. The fourth-order valence-corrected chi connectivity index (χ4v) is 4.63. The number of rotatable bonds is 5. The first-order valence-corrected chi connectivity index (χ1v) is 11.3. The van der Waals surface area contributed by atoms with Gasteiger partial charge in [0, 0.05) is 30.1 Å². The van der Waals surface area contributed by atoms with Crippen LogP contribution in [-0.4, -0.2) is 72.3 Å². The quantitative estimate of drug-likeness (QED) is 0.689. The van der Waals surface area contributed by atoms with Gasteiger partial charge < -0.3 is 25.0 Å². The molecule has 2 N–H and O–H groups in total. The van der Waals surface area contributed by atoms with E-state index in [0.29, 0.717) is 13.1 Å². The van der Waals surface area contributed by atoms with Gasteiger partial charge in [-0.25, -0.2) is 4.79 Å². The third kappa shape index (κ3) is 4.67. The van der Waals surface area contributed by atoms with E-state index in [1.165, 1.54) is 0 Å². The van der Waals surface area contributed by atoms with Crippen LogP contribution < -0.4 is 10.1 Å². The highest BCUT2D eigenvalue weighted by atomic mass is 16.5. The summed E-state index contributed by atoms with van der Waals surface area (Å²) in [6.45, 7) is 2.97. The molecule has 0 aliphatic carbocycles. The van der Waals surface area contributed by atoms with Crippen molar-refractivity contribution in [3.8, 4) is 17.6 Å². The molecule has 0 bridgehead atoms. The molecule has 2 aromatic rings. The first kappa shape index (κ1) is 22.7. The van der Waals surface area contributed by atoms with E-state index in [1.54, 1.807) is 16.9 Å². The molecular formula is C26H29N3O4. The summed E-state index contributed by atoms with van der Waals surface area (Å²) in [5.74, 6) is 6.93. The number of hydrogen-bond acceptors (Lipinski definition) is 4. The fraction of sp³-hybridized carbons (Fsp3) is 0.385. The third-order valence-corrected chi connectivity index (χ3v) is 6.28. The lowest BCUT2D eigenvalue weighted by atomic mass is 9.73. The van der Waals surface area contributed by atoms with Crippen molar-refractivity contribution in [3.63, 3.8) is 0 Å². The number of amides is 3. The molecule has 3 atom stereocenters. The van der Waals surface area contributed by atoms with Gasteiger partial charge in [0.15, 0.2) is 0 Å². The number of aliphatic hydroxyl groups excluding tert-OH is 1. The van der Waals surface area contributed by atoms with Gasteiger partial charge in [0.1, 0.15) is 12.3 Å². The highest BCUT2D eigenvalue weighted by Gasteiger charge is 2.54. The lowest BCUT2D eigenvalue weighted by Crippen LogP contribution is -2.73. The molecule has 7 nitrogen and oxygen atoms in total. The zero-order chi connectivity index (χ0) is 23.4. The summed E-state index contributed by atoms with van der Waals surface area (Å²) in [7, 11) is 1.63. The summed E-state index contributed by atoms with van der Waals surface area (Å²) >= 11 is 0. The van der Waals surface area contributed by atoms with Crippen LogP contribution in [0.2, 0.25) is 0 Å². The summed E-state index contributed by atoms with van der Waals surface area (Å²) < 4.78 is 5.24. The maximum absolute atomic E-state index is 12.7. The van der Waals surface area contributed by atoms with Crippen molar-refractivity contribution < 1.29 is 19.4 Å². The van der Waals surface area contributed by atoms with Crippen molar-refractivity contribution in [2.24, 2.45) is 0 Å². The van der Waals surface area contributed by atoms with Crippen molar-refractivity contribution >= 4 is 11.9 Å². The maximum Gasteiger partial charge on any atom is 0.317 e. The van der Waals surface area contributed by atoms with E-state index in [2.05, 4.69) is 17.2 Å². The van der Waals surface area contributed by atoms with E-state index in [1.807, 2.05) is 55.5 Å². The lowest BCUT2D eigenvalue weighted by molar-refractivity contribution is -0.159. The number of benzene rings is 2. The standard InChI is InChI=1S/C26H29N3O4/c1-3-13-27-26(32)28-15-22-25(23(17-30)29(22)24(31)16-28)20-11-9-18(10-12-20)7-8-19-5-4-6-21(14-19)33-2/h4-6,9-12,14,22-23,25,30H,3,13,15-17H2,1-2H3,(H,27,32)/t22-,23+,25-/m0/s1. The van der Waals surface area contributed by atoms with Crippen LogP contribution >= 0.6 is 0 Å². The van der Waals surface area contributed by atoms with Crippen LogP contribution in [0.15, 0.2) is 48.5 Å². The molecule has 4 rings (SSSR count). The number of nitrogens with zero attached hydrogens (tertiary/aromatic N) is 2. The summed E-state index contributed by atoms with van der Waals surface area (Å²) in [5.41, 5.74) is 2.78. The van der Waals surface area contributed by atoms with Crippen molar-refractivity contribution in [2.45, 2.75) is 31.3 Å². The van der Waals surface area contributed by atoms with Crippen molar-refractivity contribution in [2.75, 3.05) is 33.4 Å². The molecule has 2 aliphatic heterocycles. The SMILES string of the molecule is CCCNC(=O)N1CC(=O)N2[C@H](CO)[C@@H](c3ccc(C#Cc4cccc(OC)c4)cc3)[C@@H]2C1. The van der Waals surface area contributed by atoms with E-state index < -0.39 is 0 Å². The van der Waals surface area contributed by atoms with Crippen LogP contribution in [0.3, 0.4) is 0 Å². The zero-order valence-corrected chi connectivity index (χ0v) is 19.0. The van der Waals surface area contributed by atoms with E-state index in [4.69, 9.17) is 4.74 Å². The molecule has 3 amide bonds. The predicted molar refractivity (Wildman–Crippen MR) is 125 cm³/mol. The molecule has 0 unspecified atom stereocenters. The van der Waals surface area contributed by atoms with Crippen LogP contribution in [0, 0.1) is 11.8 Å². The highest BCUT2D eigenvalue weighted by Crippen LogP contribution is 2.42. The molecule has 2 heterocycles. The van der Waals surface area contributed by atoms with Gasteiger partial charge >= 0.3 is 6.03 Å². The smallest absolute Gasteiger partial charge is 0.317 e. The number of aliphatic hydroxyl groups is 1. The van der Waals surface area contributed by atoms with E-state index in [-0.39, 0.29) is 43.1 Å². The second-order valence-corrected chi connectivity index (χ2v) is 8.36. The Morgan fingerprint density at radius 2 is 1.94 bits per heavy atom. The predicted octanol–water partition coefficient (Wildman–Crippen LogP) is 2.19. The Hall–Kier alpha value is -3.50. The number of ether oxygens (including phenoxy) is 1. The molecule has 2 aliphatic rings. The van der Waals surface area contributed by atoms with E-state index >= 15 is 0 Å².